The lowest BCUT2D eigenvalue weighted by molar-refractivity contribution is -0.000993. The molecule has 3 aliphatic heterocycles. The minimum Gasteiger partial charge on any atom is -0.478 e. The molecule has 188 valence electrons. The number of ether oxygens (including phenoxy) is 1. The van der Waals surface area contributed by atoms with Gasteiger partial charge in [0.25, 0.3) is 0 Å². The van der Waals surface area contributed by atoms with Crippen molar-refractivity contribution >= 4 is 28.3 Å². The predicted molar refractivity (Wildman–Crippen MR) is 135 cm³/mol. The summed E-state index contributed by atoms with van der Waals surface area (Å²) in [5, 5.41) is 9.10. The Bertz CT molecular complexity index is 1150. The Kier molecular flexibility index (Phi) is 5.87. The maximum absolute atomic E-state index is 12.6. The van der Waals surface area contributed by atoms with Crippen LogP contribution in [0.2, 0.25) is 0 Å². The van der Waals surface area contributed by atoms with Crippen LogP contribution in [0, 0.1) is 0 Å². The molecule has 0 atom stereocenters. The Hall–Kier alpha value is -2.59. The largest absolute Gasteiger partial charge is 0.478 e. The average Bonchev–Trinajstić information content (AvgIpc) is 3.14. The molecule has 2 aromatic carbocycles. The molecule has 0 aliphatic carbocycles. The zero-order chi connectivity index (χ0) is 25.0. The van der Waals surface area contributed by atoms with Crippen LogP contribution in [0.3, 0.4) is 0 Å². The van der Waals surface area contributed by atoms with Crippen LogP contribution >= 0.6 is 10.6 Å². The third-order valence-corrected chi connectivity index (χ3v) is 9.54. The summed E-state index contributed by atoms with van der Waals surface area (Å²) in [6.45, 7) is 7.10. The van der Waals surface area contributed by atoms with Crippen molar-refractivity contribution in [3.63, 3.8) is 0 Å². The van der Waals surface area contributed by atoms with Gasteiger partial charge in [0.05, 0.1) is 17.0 Å². The first-order chi connectivity index (χ1) is 16.5. The molecule has 0 aromatic heterocycles. The molecule has 3 heterocycles. The number of carboxylic acids is 1. The number of rotatable bonds is 4. The molecule has 35 heavy (non-hydrogen) atoms. The zero-order valence-corrected chi connectivity index (χ0v) is 20.9. The number of carbonyl (C=O) groups is 2. The fraction of sp³-hybridized carbons (Fsp3) is 0.462. The van der Waals surface area contributed by atoms with Gasteiger partial charge in [0, 0.05) is 43.9 Å². The number of carboxylic acid groups (broad SMARTS) is 1. The van der Waals surface area contributed by atoms with Gasteiger partial charge in [-0.3, -0.25) is 18.9 Å². The van der Waals surface area contributed by atoms with E-state index in [2.05, 4.69) is 24.8 Å². The van der Waals surface area contributed by atoms with Gasteiger partial charge in [0.2, 0.25) is 0 Å². The second-order valence-corrected chi connectivity index (χ2v) is 12.8. The number of carbonyl (C=O) groups excluding carboxylic acids is 1. The van der Waals surface area contributed by atoms with Crippen LogP contribution < -0.4 is 4.90 Å². The van der Waals surface area contributed by atoms with Crippen molar-refractivity contribution in [2.75, 3.05) is 30.3 Å². The van der Waals surface area contributed by atoms with Crippen LogP contribution in [0.1, 0.15) is 54.6 Å². The summed E-state index contributed by atoms with van der Waals surface area (Å²) in [6.07, 6.45) is 1.80. The Balaban J connectivity index is 1.24. The topological polar surface area (TPSA) is 111 Å². The highest BCUT2D eigenvalue weighted by molar-refractivity contribution is 8.24. The highest BCUT2D eigenvalue weighted by atomic mass is 32.3. The first-order valence-electron chi connectivity index (χ1n) is 11.9. The van der Waals surface area contributed by atoms with Crippen molar-refractivity contribution in [3.8, 4) is 0 Å². The van der Waals surface area contributed by atoms with Gasteiger partial charge >= 0.3 is 12.1 Å². The van der Waals surface area contributed by atoms with Gasteiger partial charge in [-0.25, -0.2) is 9.59 Å². The maximum atomic E-state index is 12.6. The molecule has 1 spiro atoms. The molecular formula is C26H32N2O6S. The van der Waals surface area contributed by atoms with E-state index in [1.165, 1.54) is 12.1 Å². The predicted octanol–water partition coefficient (Wildman–Crippen LogP) is 5.17. The molecule has 0 saturated carbocycles. The van der Waals surface area contributed by atoms with E-state index in [9.17, 15) is 18.7 Å². The van der Waals surface area contributed by atoms with Crippen LogP contribution in [0.5, 0.6) is 0 Å². The third-order valence-electron chi connectivity index (χ3n) is 7.71. The number of piperidine rings is 1. The van der Waals surface area contributed by atoms with Crippen molar-refractivity contribution in [1.29, 1.82) is 0 Å². The highest BCUT2D eigenvalue weighted by Gasteiger charge is 2.47. The van der Waals surface area contributed by atoms with E-state index >= 15 is 0 Å². The molecule has 3 N–H and O–H groups in total. The van der Waals surface area contributed by atoms with Gasteiger partial charge in [-0.05, 0) is 53.3 Å². The minimum absolute atomic E-state index is 0.0938. The number of likely N-dealkylation sites (tertiary alicyclic amines) is 1. The summed E-state index contributed by atoms with van der Waals surface area (Å²) >= 11 is 0. The standard InChI is InChI=1S/C26H32N2O6S/c1-25(2)11-14-35(32,33)22-8-3-18(15-21(22)25)16-27-12-9-26(10-13-27)17-28(24(31)34-26)20-6-4-19(5-7-20)23(29)30/h3-8,15,32-33H,9-14,16-17H2,1-2H3,(H,29,30). The minimum atomic E-state index is -2.71. The SMILES string of the molecule is CC1(C)CCS(O)(O)c2ccc(CN3CCC4(CC3)CN(c3ccc(C(=O)O)cc3)C(=O)O4)cc21. The van der Waals surface area contributed by atoms with Crippen molar-refractivity contribution in [1.82, 2.24) is 4.90 Å². The summed E-state index contributed by atoms with van der Waals surface area (Å²) < 4.78 is 26.9. The van der Waals surface area contributed by atoms with Crippen LogP contribution in [0.4, 0.5) is 10.5 Å². The molecule has 9 heteroatoms. The Labute approximate surface area is 206 Å². The molecule has 5 rings (SSSR count). The molecule has 2 aromatic rings. The van der Waals surface area contributed by atoms with Gasteiger partial charge in [0.15, 0.2) is 0 Å². The van der Waals surface area contributed by atoms with E-state index in [1.54, 1.807) is 17.0 Å². The number of fused-ring (bicyclic) bond motifs is 1. The molecule has 0 unspecified atom stereocenters. The summed E-state index contributed by atoms with van der Waals surface area (Å²) in [7, 11) is -2.71. The monoisotopic (exact) mass is 500 g/mol. The van der Waals surface area contributed by atoms with Gasteiger partial charge in [-0.15, -0.1) is 0 Å². The quantitative estimate of drug-likeness (QED) is 0.531. The third kappa shape index (κ3) is 4.53. The van der Waals surface area contributed by atoms with E-state index < -0.39 is 28.3 Å². The van der Waals surface area contributed by atoms with Crippen LogP contribution in [0.15, 0.2) is 47.4 Å². The lowest BCUT2D eigenvalue weighted by Gasteiger charge is -2.45. The summed E-state index contributed by atoms with van der Waals surface area (Å²) in [4.78, 5) is 28.3. The van der Waals surface area contributed by atoms with Crippen molar-refractivity contribution in [3.05, 3.63) is 59.2 Å². The lowest BCUT2D eigenvalue weighted by atomic mass is 9.81. The first kappa shape index (κ1) is 24.1. The molecule has 0 bridgehead atoms. The van der Waals surface area contributed by atoms with E-state index in [-0.39, 0.29) is 11.0 Å². The normalized spacial score (nSPS) is 23.5. The van der Waals surface area contributed by atoms with Crippen molar-refractivity contribution < 1.29 is 28.5 Å². The van der Waals surface area contributed by atoms with E-state index in [0.717, 1.165) is 50.0 Å². The van der Waals surface area contributed by atoms with E-state index in [1.807, 2.05) is 12.1 Å². The fourth-order valence-corrected chi connectivity index (χ4v) is 7.36. The Morgan fingerprint density at radius 3 is 2.40 bits per heavy atom. The second-order valence-electron chi connectivity index (χ2n) is 10.6. The highest BCUT2D eigenvalue weighted by Crippen LogP contribution is 2.58. The average molecular weight is 501 g/mol. The molecule has 3 aliphatic rings. The fourth-order valence-electron chi connectivity index (χ4n) is 5.37. The van der Waals surface area contributed by atoms with E-state index in [0.29, 0.717) is 22.9 Å². The molecule has 8 nitrogen and oxygen atoms in total. The molecule has 2 fully saturated rings. The molecule has 0 radical (unpaired) electrons. The van der Waals surface area contributed by atoms with Gasteiger partial charge in [-0.2, -0.15) is 10.6 Å². The van der Waals surface area contributed by atoms with Gasteiger partial charge in [-0.1, -0.05) is 26.0 Å². The number of anilines is 1. The lowest BCUT2D eigenvalue weighted by Crippen LogP contribution is -2.46. The summed E-state index contributed by atoms with van der Waals surface area (Å²) in [5.41, 5.74) is 2.37. The molecule has 1 amide bonds. The number of aromatic carboxylic acids is 1. The first-order valence-corrected chi connectivity index (χ1v) is 13.7. The maximum Gasteiger partial charge on any atom is 0.415 e. The smallest absolute Gasteiger partial charge is 0.415 e. The summed E-state index contributed by atoms with van der Waals surface area (Å²) in [6, 6.07) is 12.3. The van der Waals surface area contributed by atoms with E-state index in [4.69, 9.17) is 9.84 Å². The van der Waals surface area contributed by atoms with Crippen LogP contribution in [0.25, 0.3) is 0 Å². The molecular weight excluding hydrogens is 468 g/mol. The number of nitrogens with zero attached hydrogens (tertiary/aromatic N) is 2. The van der Waals surface area contributed by atoms with Gasteiger partial charge in [0.1, 0.15) is 5.60 Å². The summed E-state index contributed by atoms with van der Waals surface area (Å²) in [5.74, 6) is -0.583. The number of benzene rings is 2. The second kappa shape index (κ2) is 8.51. The van der Waals surface area contributed by atoms with Crippen LogP contribution in [-0.4, -0.2) is 62.2 Å². The number of amides is 1. The van der Waals surface area contributed by atoms with Gasteiger partial charge < -0.3 is 9.84 Å². The Morgan fingerprint density at radius 1 is 1.06 bits per heavy atom. The molecule has 2 saturated heterocycles. The number of hydrogen-bond acceptors (Lipinski definition) is 6. The van der Waals surface area contributed by atoms with Crippen molar-refractivity contribution in [2.45, 2.75) is 55.6 Å². The van der Waals surface area contributed by atoms with Crippen molar-refractivity contribution in [2.24, 2.45) is 0 Å². The Morgan fingerprint density at radius 2 is 1.74 bits per heavy atom. The van der Waals surface area contributed by atoms with Crippen LogP contribution in [-0.2, 0) is 16.7 Å². The zero-order valence-electron chi connectivity index (χ0n) is 20.1. The number of hydrogen-bond donors (Lipinski definition) is 3.